The van der Waals surface area contributed by atoms with Crippen molar-refractivity contribution >= 4 is 11.7 Å². The molecule has 5 heteroatoms. The number of nitrogens with one attached hydrogen (secondary N) is 2. The molecule has 1 aliphatic heterocycles. The Morgan fingerprint density at radius 2 is 2.05 bits per heavy atom. The van der Waals surface area contributed by atoms with E-state index in [1.807, 2.05) is 6.92 Å². The number of carbonyl (C=O) groups is 2. The zero-order chi connectivity index (χ0) is 13.8. The zero-order valence-corrected chi connectivity index (χ0v) is 10.9. The van der Waals surface area contributed by atoms with Crippen LogP contribution in [0, 0.1) is 0 Å². The lowest BCUT2D eigenvalue weighted by Gasteiger charge is -2.23. The third-order valence-corrected chi connectivity index (χ3v) is 2.87. The number of allylic oxidation sites excluding steroid dienone is 1. The smallest absolute Gasteiger partial charge is 0.267 e. The largest absolute Gasteiger partial charge is 0.497 e. The minimum Gasteiger partial charge on any atom is -0.497 e. The average Bonchev–Trinajstić information content (AvgIpc) is 2.42. The van der Waals surface area contributed by atoms with Gasteiger partial charge in [0.2, 0.25) is 0 Å². The van der Waals surface area contributed by atoms with Crippen molar-refractivity contribution < 1.29 is 14.3 Å². The predicted molar refractivity (Wildman–Crippen MR) is 71.0 cm³/mol. The first-order chi connectivity index (χ1) is 9.10. The number of ether oxygens (including phenoxy) is 1. The summed E-state index contributed by atoms with van der Waals surface area (Å²) in [6, 6.07) is 6.83. The molecule has 19 heavy (non-hydrogen) atoms. The van der Waals surface area contributed by atoms with Gasteiger partial charge in [0, 0.05) is 24.2 Å². The van der Waals surface area contributed by atoms with Gasteiger partial charge in [0.25, 0.3) is 5.91 Å². The molecule has 0 saturated carbocycles. The fraction of sp³-hybridized carbons (Fsp3) is 0.286. The average molecular weight is 260 g/mol. The highest BCUT2D eigenvalue weighted by Crippen LogP contribution is 2.12. The van der Waals surface area contributed by atoms with E-state index in [9.17, 15) is 9.59 Å². The standard InChI is InChI=1S/C14H16N2O3/c1-9-8-15-12(14(18)16-9)7-13(17)10-3-5-11(19-2)6-4-10/h3-7,9,15H,8H2,1-2H3,(H,16,18)/b12-7+. The molecule has 1 amide bonds. The molecule has 2 rings (SSSR count). The third-order valence-electron chi connectivity index (χ3n) is 2.87. The van der Waals surface area contributed by atoms with Crippen molar-refractivity contribution in [1.29, 1.82) is 0 Å². The van der Waals surface area contributed by atoms with Crippen molar-refractivity contribution in [2.45, 2.75) is 13.0 Å². The molecule has 1 fully saturated rings. The Kier molecular flexibility index (Phi) is 3.85. The van der Waals surface area contributed by atoms with Crippen LogP contribution in [0.5, 0.6) is 5.75 Å². The van der Waals surface area contributed by atoms with Crippen molar-refractivity contribution in [2.75, 3.05) is 13.7 Å². The van der Waals surface area contributed by atoms with E-state index in [1.165, 1.54) is 6.08 Å². The number of carbonyl (C=O) groups excluding carboxylic acids is 2. The molecule has 0 bridgehead atoms. The Morgan fingerprint density at radius 3 is 2.63 bits per heavy atom. The molecule has 1 unspecified atom stereocenters. The maximum absolute atomic E-state index is 12.0. The summed E-state index contributed by atoms with van der Waals surface area (Å²) < 4.78 is 5.02. The van der Waals surface area contributed by atoms with Crippen LogP contribution >= 0.6 is 0 Å². The molecule has 1 aromatic carbocycles. The van der Waals surface area contributed by atoms with Gasteiger partial charge in [-0.2, -0.15) is 0 Å². The first-order valence-electron chi connectivity index (χ1n) is 6.05. The second-order valence-corrected chi connectivity index (χ2v) is 4.41. The molecule has 1 aliphatic rings. The lowest BCUT2D eigenvalue weighted by Crippen LogP contribution is -2.49. The highest BCUT2D eigenvalue weighted by Gasteiger charge is 2.19. The first-order valence-corrected chi connectivity index (χ1v) is 6.05. The number of rotatable bonds is 3. The van der Waals surface area contributed by atoms with Crippen molar-refractivity contribution in [1.82, 2.24) is 10.6 Å². The molecule has 0 spiro atoms. The van der Waals surface area contributed by atoms with Gasteiger partial charge in [-0.1, -0.05) is 0 Å². The van der Waals surface area contributed by atoms with Crippen LogP contribution in [0.2, 0.25) is 0 Å². The Labute approximate surface area is 111 Å². The summed E-state index contributed by atoms with van der Waals surface area (Å²) in [6.07, 6.45) is 1.32. The molecule has 1 heterocycles. The monoisotopic (exact) mass is 260 g/mol. The van der Waals surface area contributed by atoms with Gasteiger partial charge in [0.15, 0.2) is 5.78 Å². The van der Waals surface area contributed by atoms with E-state index in [-0.39, 0.29) is 17.7 Å². The lowest BCUT2D eigenvalue weighted by molar-refractivity contribution is -0.119. The van der Waals surface area contributed by atoms with Crippen LogP contribution in [-0.4, -0.2) is 31.4 Å². The van der Waals surface area contributed by atoms with Gasteiger partial charge in [-0.05, 0) is 31.2 Å². The number of piperazine rings is 1. The quantitative estimate of drug-likeness (QED) is 0.625. The summed E-state index contributed by atoms with van der Waals surface area (Å²) in [7, 11) is 1.57. The topological polar surface area (TPSA) is 67.4 Å². The Bertz CT molecular complexity index is 520. The Hall–Kier alpha value is -2.30. The summed E-state index contributed by atoms with van der Waals surface area (Å²) >= 11 is 0. The predicted octanol–water partition coefficient (Wildman–Crippen LogP) is 0.870. The number of hydrogen-bond acceptors (Lipinski definition) is 4. The highest BCUT2D eigenvalue weighted by molar-refractivity contribution is 6.09. The molecular weight excluding hydrogens is 244 g/mol. The molecule has 100 valence electrons. The lowest BCUT2D eigenvalue weighted by atomic mass is 10.1. The van der Waals surface area contributed by atoms with Gasteiger partial charge in [0.1, 0.15) is 11.4 Å². The minimum atomic E-state index is -0.249. The van der Waals surface area contributed by atoms with Crippen molar-refractivity contribution in [3.05, 3.63) is 41.6 Å². The molecule has 0 radical (unpaired) electrons. The zero-order valence-electron chi connectivity index (χ0n) is 10.9. The second-order valence-electron chi connectivity index (χ2n) is 4.41. The number of hydrogen-bond donors (Lipinski definition) is 2. The van der Waals surface area contributed by atoms with Crippen LogP contribution in [0.3, 0.4) is 0 Å². The van der Waals surface area contributed by atoms with E-state index < -0.39 is 0 Å². The van der Waals surface area contributed by atoms with Crippen LogP contribution in [0.25, 0.3) is 0 Å². The maximum atomic E-state index is 12.0. The summed E-state index contributed by atoms with van der Waals surface area (Å²) in [6.45, 7) is 2.51. The highest BCUT2D eigenvalue weighted by atomic mass is 16.5. The fourth-order valence-electron chi connectivity index (χ4n) is 1.78. The van der Waals surface area contributed by atoms with Crippen LogP contribution in [-0.2, 0) is 4.79 Å². The summed E-state index contributed by atoms with van der Waals surface area (Å²) in [4.78, 5) is 23.7. The van der Waals surface area contributed by atoms with E-state index in [4.69, 9.17) is 4.74 Å². The van der Waals surface area contributed by atoms with Crippen molar-refractivity contribution in [2.24, 2.45) is 0 Å². The molecule has 5 nitrogen and oxygen atoms in total. The molecule has 1 atom stereocenters. The molecular formula is C14H16N2O3. The second kappa shape index (κ2) is 5.56. The van der Waals surface area contributed by atoms with Gasteiger partial charge < -0.3 is 15.4 Å². The fourth-order valence-corrected chi connectivity index (χ4v) is 1.78. The van der Waals surface area contributed by atoms with Crippen molar-refractivity contribution in [3.8, 4) is 5.75 Å². The normalized spacial score (nSPS) is 20.6. The molecule has 1 saturated heterocycles. The molecule has 2 N–H and O–H groups in total. The van der Waals surface area contributed by atoms with Gasteiger partial charge in [-0.25, -0.2) is 0 Å². The summed E-state index contributed by atoms with van der Waals surface area (Å²) in [5.74, 6) is 0.224. The SMILES string of the molecule is COc1ccc(C(=O)/C=C2/NCC(C)NC2=O)cc1. The molecule has 0 aromatic heterocycles. The Morgan fingerprint density at radius 1 is 1.37 bits per heavy atom. The van der Waals surface area contributed by atoms with Gasteiger partial charge >= 0.3 is 0 Å². The van der Waals surface area contributed by atoms with Crippen LogP contribution in [0.1, 0.15) is 17.3 Å². The van der Waals surface area contributed by atoms with Crippen LogP contribution < -0.4 is 15.4 Å². The van der Waals surface area contributed by atoms with Crippen molar-refractivity contribution in [3.63, 3.8) is 0 Å². The molecule has 0 aliphatic carbocycles. The number of ketones is 1. The van der Waals surface area contributed by atoms with Crippen LogP contribution in [0.4, 0.5) is 0 Å². The van der Waals surface area contributed by atoms with Gasteiger partial charge in [-0.3, -0.25) is 9.59 Å². The summed E-state index contributed by atoms with van der Waals surface area (Å²) in [5.41, 5.74) is 0.820. The van der Waals surface area contributed by atoms with E-state index in [2.05, 4.69) is 10.6 Å². The number of amides is 1. The Balaban J connectivity index is 2.13. The van der Waals surface area contributed by atoms with Gasteiger partial charge in [-0.15, -0.1) is 0 Å². The minimum absolute atomic E-state index is 0.0701. The first kappa shape index (κ1) is 13.1. The number of benzene rings is 1. The summed E-state index contributed by atoms with van der Waals surface area (Å²) in [5, 5.41) is 5.71. The molecule has 1 aromatic rings. The van der Waals surface area contributed by atoms with Crippen LogP contribution in [0.15, 0.2) is 36.0 Å². The van der Waals surface area contributed by atoms with E-state index in [0.717, 1.165) is 0 Å². The maximum Gasteiger partial charge on any atom is 0.267 e. The van der Waals surface area contributed by atoms with E-state index in [1.54, 1.807) is 31.4 Å². The van der Waals surface area contributed by atoms with E-state index >= 15 is 0 Å². The van der Waals surface area contributed by atoms with Gasteiger partial charge in [0.05, 0.1) is 7.11 Å². The van der Waals surface area contributed by atoms with E-state index in [0.29, 0.717) is 23.6 Å². The third kappa shape index (κ3) is 3.13. The number of methoxy groups -OCH3 is 1.